The number of methoxy groups -OCH3 is 1. The van der Waals surface area contributed by atoms with Gasteiger partial charge in [-0.1, -0.05) is 29.8 Å². The minimum Gasteiger partial charge on any atom is -0.496 e. The van der Waals surface area contributed by atoms with Crippen molar-refractivity contribution < 1.29 is 4.74 Å². The summed E-state index contributed by atoms with van der Waals surface area (Å²) in [4.78, 5) is 0. The Balaban J connectivity index is 1.93. The van der Waals surface area contributed by atoms with Gasteiger partial charge >= 0.3 is 0 Å². The Labute approximate surface area is 135 Å². The van der Waals surface area contributed by atoms with Crippen LogP contribution in [0.3, 0.4) is 0 Å². The van der Waals surface area contributed by atoms with Crippen molar-refractivity contribution in [1.82, 2.24) is 9.78 Å². The average Bonchev–Trinajstić information content (AvgIpc) is 2.96. The van der Waals surface area contributed by atoms with Crippen LogP contribution in [0.2, 0.25) is 0 Å². The smallest absolute Gasteiger partial charge is 0.150 e. The number of fused-ring (bicyclic) bond motifs is 3. The van der Waals surface area contributed by atoms with Gasteiger partial charge in [-0.3, -0.25) is 0 Å². The molecule has 1 aromatic heterocycles. The third kappa shape index (κ3) is 2.18. The Kier molecular flexibility index (Phi) is 3.11. The zero-order chi connectivity index (χ0) is 16.0. The molecule has 0 radical (unpaired) electrons. The average molecular weight is 305 g/mol. The van der Waals surface area contributed by atoms with Crippen LogP contribution < -0.4 is 10.1 Å². The molecular formula is C19H19N3O. The SMILES string of the molecule is COc1ccccc1C1Nc2ccc(C)cc2-c2cc(C)nn21. The van der Waals surface area contributed by atoms with E-state index in [0.29, 0.717) is 0 Å². The summed E-state index contributed by atoms with van der Waals surface area (Å²) >= 11 is 0. The van der Waals surface area contributed by atoms with Crippen LogP contribution in [0, 0.1) is 13.8 Å². The Hall–Kier alpha value is -2.75. The number of hydrogen-bond donors (Lipinski definition) is 1. The van der Waals surface area contributed by atoms with Gasteiger partial charge in [0.2, 0.25) is 0 Å². The third-order valence-corrected chi connectivity index (χ3v) is 4.28. The van der Waals surface area contributed by atoms with Gasteiger partial charge in [-0.05, 0) is 38.1 Å². The Bertz CT molecular complexity index is 882. The van der Waals surface area contributed by atoms with Crippen molar-refractivity contribution in [2.24, 2.45) is 0 Å². The van der Waals surface area contributed by atoms with Crippen LogP contribution in [-0.2, 0) is 0 Å². The monoisotopic (exact) mass is 305 g/mol. The van der Waals surface area contributed by atoms with Crippen molar-refractivity contribution in [2.45, 2.75) is 20.0 Å². The molecule has 0 spiro atoms. The van der Waals surface area contributed by atoms with Gasteiger partial charge in [-0.25, -0.2) is 4.68 Å². The maximum absolute atomic E-state index is 5.55. The predicted molar refractivity (Wildman–Crippen MR) is 91.9 cm³/mol. The van der Waals surface area contributed by atoms with Crippen molar-refractivity contribution in [2.75, 3.05) is 12.4 Å². The van der Waals surface area contributed by atoms with Crippen molar-refractivity contribution in [1.29, 1.82) is 0 Å². The van der Waals surface area contributed by atoms with Crippen LogP contribution in [0.1, 0.15) is 23.0 Å². The highest BCUT2D eigenvalue weighted by Crippen LogP contribution is 2.40. The zero-order valence-electron chi connectivity index (χ0n) is 13.5. The van der Waals surface area contributed by atoms with E-state index in [1.165, 1.54) is 11.1 Å². The third-order valence-electron chi connectivity index (χ3n) is 4.28. The van der Waals surface area contributed by atoms with E-state index >= 15 is 0 Å². The standard InChI is InChI=1S/C19H19N3O/c1-12-8-9-16-15(10-12)17-11-13(2)21-22(17)19(20-16)14-6-4-5-7-18(14)23-3/h4-11,19-20H,1-3H3. The first-order chi connectivity index (χ1) is 11.2. The molecule has 4 heteroatoms. The summed E-state index contributed by atoms with van der Waals surface area (Å²) in [6.45, 7) is 4.14. The van der Waals surface area contributed by atoms with Crippen LogP contribution in [0.15, 0.2) is 48.5 Å². The highest BCUT2D eigenvalue weighted by molar-refractivity contribution is 5.79. The van der Waals surface area contributed by atoms with Gasteiger partial charge < -0.3 is 10.1 Å². The summed E-state index contributed by atoms with van der Waals surface area (Å²) in [5.41, 5.74) is 6.78. The number of rotatable bonds is 2. The molecule has 0 amide bonds. The highest BCUT2D eigenvalue weighted by atomic mass is 16.5. The number of hydrogen-bond acceptors (Lipinski definition) is 3. The number of nitrogens with zero attached hydrogens (tertiary/aromatic N) is 2. The van der Waals surface area contributed by atoms with Crippen LogP contribution in [0.4, 0.5) is 5.69 Å². The molecule has 0 aliphatic carbocycles. The minimum atomic E-state index is -0.0787. The Morgan fingerprint density at radius 3 is 2.74 bits per heavy atom. The van der Waals surface area contributed by atoms with Crippen molar-refractivity contribution in [3.63, 3.8) is 0 Å². The molecule has 4 rings (SSSR count). The van der Waals surface area contributed by atoms with Crippen molar-refractivity contribution in [3.8, 4) is 17.0 Å². The molecule has 1 atom stereocenters. The molecule has 23 heavy (non-hydrogen) atoms. The highest BCUT2D eigenvalue weighted by Gasteiger charge is 2.28. The number of aryl methyl sites for hydroxylation is 2. The molecule has 1 aliphatic heterocycles. The Morgan fingerprint density at radius 1 is 1.09 bits per heavy atom. The summed E-state index contributed by atoms with van der Waals surface area (Å²) in [5, 5.41) is 8.32. The molecule has 2 aromatic carbocycles. The topological polar surface area (TPSA) is 39.1 Å². The largest absolute Gasteiger partial charge is 0.496 e. The summed E-state index contributed by atoms with van der Waals surface area (Å²) < 4.78 is 7.60. The zero-order valence-corrected chi connectivity index (χ0v) is 13.5. The number of aromatic nitrogens is 2. The van der Waals surface area contributed by atoms with E-state index in [9.17, 15) is 0 Å². The first-order valence-electron chi connectivity index (χ1n) is 7.74. The van der Waals surface area contributed by atoms with E-state index in [2.05, 4.69) is 47.3 Å². The lowest BCUT2D eigenvalue weighted by Gasteiger charge is -2.30. The van der Waals surface area contributed by atoms with Crippen molar-refractivity contribution in [3.05, 3.63) is 65.4 Å². The first-order valence-corrected chi connectivity index (χ1v) is 7.74. The molecule has 0 saturated carbocycles. The van der Waals surface area contributed by atoms with E-state index < -0.39 is 0 Å². The molecule has 0 bridgehead atoms. The quantitative estimate of drug-likeness (QED) is 0.773. The van der Waals surface area contributed by atoms with Gasteiger partial charge in [0.15, 0.2) is 6.17 Å². The van der Waals surface area contributed by atoms with Crippen molar-refractivity contribution >= 4 is 5.69 Å². The molecule has 1 unspecified atom stereocenters. The fourth-order valence-electron chi connectivity index (χ4n) is 3.22. The Morgan fingerprint density at radius 2 is 1.91 bits per heavy atom. The second-order valence-electron chi connectivity index (χ2n) is 5.95. The molecule has 1 N–H and O–H groups in total. The normalized spacial score (nSPS) is 15.5. The molecule has 0 fully saturated rings. The van der Waals surface area contributed by atoms with E-state index in [4.69, 9.17) is 9.84 Å². The van der Waals surface area contributed by atoms with E-state index in [0.717, 1.165) is 28.4 Å². The molecule has 116 valence electrons. The van der Waals surface area contributed by atoms with Gasteiger partial charge in [-0.15, -0.1) is 0 Å². The molecule has 0 saturated heterocycles. The fourth-order valence-corrected chi connectivity index (χ4v) is 3.22. The summed E-state index contributed by atoms with van der Waals surface area (Å²) in [6.07, 6.45) is -0.0787. The van der Waals surface area contributed by atoms with Crippen LogP contribution in [0.25, 0.3) is 11.3 Å². The number of ether oxygens (including phenoxy) is 1. The number of para-hydroxylation sites is 1. The molecule has 1 aliphatic rings. The van der Waals surface area contributed by atoms with Gasteiger partial charge in [0.25, 0.3) is 0 Å². The van der Waals surface area contributed by atoms with Crippen LogP contribution in [0.5, 0.6) is 5.75 Å². The van der Waals surface area contributed by atoms with Gasteiger partial charge in [0, 0.05) is 16.8 Å². The van der Waals surface area contributed by atoms with Gasteiger partial charge in [0.1, 0.15) is 5.75 Å². The van der Waals surface area contributed by atoms with E-state index in [1.54, 1.807) is 7.11 Å². The molecule has 3 aromatic rings. The van der Waals surface area contributed by atoms with Crippen LogP contribution in [-0.4, -0.2) is 16.9 Å². The lowest BCUT2D eigenvalue weighted by Crippen LogP contribution is -2.26. The molecule has 4 nitrogen and oxygen atoms in total. The maximum Gasteiger partial charge on any atom is 0.150 e. The van der Waals surface area contributed by atoms with E-state index in [-0.39, 0.29) is 6.17 Å². The summed E-state index contributed by atoms with van der Waals surface area (Å²) in [7, 11) is 1.70. The lowest BCUT2D eigenvalue weighted by atomic mass is 10.0. The fraction of sp³-hybridized carbons (Fsp3) is 0.211. The summed E-state index contributed by atoms with van der Waals surface area (Å²) in [6, 6.07) is 16.7. The first kappa shape index (κ1) is 13.9. The van der Waals surface area contributed by atoms with Gasteiger partial charge in [0.05, 0.1) is 18.5 Å². The summed E-state index contributed by atoms with van der Waals surface area (Å²) in [5.74, 6) is 0.861. The number of benzene rings is 2. The lowest BCUT2D eigenvalue weighted by molar-refractivity contribution is 0.401. The number of anilines is 1. The maximum atomic E-state index is 5.55. The molecular weight excluding hydrogens is 286 g/mol. The van der Waals surface area contributed by atoms with E-state index in [1.807, 2.05) is 25.1 Å². The minimum absolute atomic E-state index is 0.0787. The number of nitrogens with one attached hydrogen (secondary N) is 1. The van der Waals surface area contributed by atoms with Gasteiger partial charge in [-0.2, -0.15) is 5.10 Å². The predicted octanol–water partition coefficient (Wildman–Crippen LogP) is 4.15. The molecule has 2 heterocycles. The second-order valence-corrected chi connectivity index (χ2v) is 5.95. The van der Waals surface area contributed by atoms with Crippen LogP contribution >= 0.6 is 0 Å². The second kappa shape index (κ2) is 5.16.